The van der Waals surface area contributed by atoms with Crippen molar-refractivity contribution in [3.8, 4) is 12.8 Å². The third kappa shape index (κ3) is 11.6. The molecule has 1 unspecified atom stereocenters. The van der Waals surface area contributed by atoms with E-state index in [0.717, 1.165) is 22.8 Å². The summed E-state index contributed by atoms with van der Waals surface area (Å²) in [5, 5.41) is 2.42. The van der Waals surface area contributed by atoms with Crippen molar-refractivity contribution in [2.75, 3.05) is 32.6 Å². The highest BCUT2D eigenvalue weighted by molar-refractivity contribution is 8.02. The first kappa shape index (κ1) is 33.9. The lowest BCUT2D eigenvalue weighted by Crippen LogP contribution is -2.38. The molecule has 0 N–H and O–H groups in total. The maximum absolute atomic E-state index is 15.3. The topological polar surface area (TPSA) is 63.5 Å². The number of rotatable bonds is 6. The number of aliphatic imine (C=N–C) groups is 2. The molecule has 212 valence electrons. The minimum absolute atomic E-state index is 0.106. The van der Waals surface area contributed by atoms with Gasteiger partial charge in [-0.25, -0.2) is 18.0 Å². The van der Waals surface area contributed by atoms with Gasteiger partial charge in [0.25, 0.3) is 0 Å². The zero-order valence-corrected chi connectivity index (χ0v) is 23.9. The van der Waals surface area contributed by atoms with Crippen LogP contribution in [0.1, 0.15) is 27.2 Å². The number of alkyl halides is 2. The van der Waals surface area contributed by atoms with Crippen LogP contribution in [-0.4, -0.2) is 67.5 Å². The Bertz CT molecular complexity index is 1120. The van der Waals surface area contributed by atoms with Gasteiger partial charge in [0, 0.05) is 28.9 Å². The Morgan fingerprint density at radius 1 is 1.36 bits per heavy atom. The Labute approximate surface area is 237 Å². The maximum Gasteiger partial charge on any atom is 0.508 e. The van der Waals surface area contributed by atoms with Gasteiger partial charge in [-0.1, -0.05) is 23.7 Å². The number of terminal acetylenes is 1. The molecule has 3 heterocycles. The number of amidine groups is 1. The van der Waals surface area contributed by atoms with Crippen molar-refractivity contribution in [1.29, 1.82) is 0 Å². The average Bonchev–Trinajstić information content (AvgIpc) is 3.22. The van der Waals surface area contributed by atoms with E-state index in [4.69, 9.17) is 16.3 Å². The van der Waals surface area contributed by atoms with E-state index in [9.17, 15) is 13.6 Å². The van der Waals surface area contributed by atoms with Gasteiger partial charge in [-0.2, -0.15) is 0 Å². The quantitative estimate of drug-likeness (QED) is 0.262. The van der Waals surface area contributed by atoms with Crippen LogP contribution >= 0.6 is 23.4 Å². The lowest BCUT2D eigenvalue weighted by Gasteiger charge is -2.29. The highest BCUT2D eigenvalue weighted by atomic mass is 35.5. The van der Waals surface area contributed by atoms with Crippen molar-refractivity contribution >= 4 is 41.6 Å². The number of carbonyl (C=O) groups excluding carboxylic acids is 1. The van der Waals surface area contributed by atoms with Gasteiger partial charge < -0.3 is 14.4 Å². The molecule has 1 aromatic carbocycles. The van der Waals surface area contributed by atoms with E-state index in [1.54, 1.807) is 30.1 Å². The number of fused-ring (bicyclic) bond motifs is 1. The number of carbonyl (C=O) groups is 1. The molecule has 0 saturated carbocycles. The predicted octanol–water partition coefficient (Wildman–Crippen LogP) is 7.18. The van der Waals surface area contributed by atoms with Crippen LogP contribution in [0.5, 0.6) is 0 Å². The van der Waals surface area contributed by atoms with Crippen LogP contribution in [-0.2, 0) is 9.47 Å². The van der Waals surface area contributed by atoms with Gasteiger partial charge >= 0.3 is 6.16 Å². The molecule has 1 atom stereocenters. The number of nitrogens with zero attached hydrogens (tertiary/aromatic N) is 3. The van der Waals surface area contributed by atoms with Crippen LogP contribution in [0.25, 0.3) is 0 Å². The fraction of sp³-hybridized carbons (Fsp3) is 0.393. The molecule has 6 nitrogen and oxygen atoms in total. The molecule has 0 bridgehead atoms. The van der Waals surface area contributed by atoms with Crippen molar-refractivity contribution < 1.29 is 27.4 Å². The van der Waals surface area contributed by atoms with Crippen LogP contribution in [0.15, 0.2) is 68.8 Å². The van der Waals surface area contributed by atoms with E-state index >= 15 is 4.39 Å². The zero-order chi connectivity index (χ0) is 29.4. The Morgan fingerprint density at radius 2 is 2.03 bits per heavy atom. The largest absolute Gasteiger partial charge is 0.508 e. The number of hydrogen-bond donors (Lipinski definition) is 0. The van der Waals surface area contributed by atoms with Crippen LogP contribution in [0.3, 0.4) is 0 Å². The minimum Gasteiger partial charge on any atom is -0.438 e. The molecule has 11 heteroatoms. The number of benzene rings is 1. The summed E-state index contributed by atoms with van der Waals surface area (Å²) in [4.78, 5) is 21.9. The summed E-state index contributed by atoms with van der Waals surface area (Å²) < 4.78 is 47.7. The zero-order valence-electron chi connectivity index (χ0n) is 22.4. The molecule has 39 heavy (non-hydrogen) atoms. The molecule has 3 aliphatic heterocycles. The number of hydrogen-bond acceptors (Lipinski definition) is 7. The van der Waals surface area contributed by atoms with E-state index in [2.05, 4.69) is 27.6 Å². The minimum atomic E-state index is -1.67. The van der Waals surface area contributed by atoms with Gasteiger partial charge in [0.05, 0.1) is 37.8 Å². The van der Waals surface area contributed by atoms with Gasteiger partial charge in [-0.15, -0.1) is 24.6 Å². The molecule has 0 aliphatic carbocycles. The first-order valence-corrected chi connectivity index (χ1v) is 13.3. The van der Waals surface area contributed by atoms with Gasteiger partial charge in [-0.05, 0) is 50.5 Å². The summed E-state index contributed by atoms with van der Waals surface area (Å²) >= 11 is 7.02. The number of ether oxygens (including phenoxy) is 2. The van der Waals surface area contributed by atoms with E-state index < -0.39 is 18.0 Å². The second kappa shape index (κ2) is 17.4. The Kier molecular flexibility index (Phi) is 15.1. The van der Waals surface area contributed by atoms with E-state index in [0.29, 0.717) is 17.3 Å². The van der Waals surface area contributed by atoms with Gasteiger partial charge in [0.1, 0.15) is 18.3 Å². The molecule has 0 amide bonds. The van der Waals surface area contributed by atoms with Crippen molar-refractivity contribution in [3.63, 3.8) is 0 Å². The molecular weight excluding hydrogens is 551 g/mol. The second-order valence-corrected chi connectivity index (χ2v) is 9.71. The molecule has 0 spiro atoms. The van der Waals surface area contributed by atoms with Crippen LogP contribution in [0, 0.1) is 18.7 Å². The standard InChI is InChI=1S/C17H20FN3O3S.C6H4ClF.C3H7F.C2H2/c1-3-6-25-9-15-20-8-12(13-4-5-19-13)14-7-17(18,10-21(14)15)11-24-16(22)23-2;7-5-2-1-3-6(8)4-5;1-3(2)4;1-2/h3-6H,7-11H2,1-2H3;1-4H;3H,1-2H3;1-2H/b6-3-;;;. The molecule has 0 radical (unpaired) electrons. The smallest absolute Gasteiger partial charge is 0.438 e. The van der Waals surface area contributed by atoms with E-state index in [1.165, 1.54) is 33.1 Å². The molecule has 1 fully saturated rings. The molecular formula is C28H33ClF3N3O3S. The maximum atomic E-state index is 15.3. The fourth-order valence-corrected chi connectivity index (χ4v) is 4.26. The van der Waals surface area contributed by atoms with Gasteiger partial charge in [0.2, 0.25) is 0 Å². The van der Waals surface area contributed by atoms with Gasteiger partial charge in [0.15, 0.2) is 5.67 Å². The van der Waals surface area contributed by atoms with Crippen LogP contribution < -0.4 is 0 Å². The molecule has 1 saturated heterocycles. The lowest BCUT2D eigenvalue weighted by molar-refractivity contribution is 0.0204. The second-order valence-electron chi connectivity index (χ2n) is 8.38. The van der Waals surface area contributed by atoms with Crippen molar-refractivity contribution in [2.24, 2.45) is 9.98 Å². The average molecular weight is 584 g/mol. The summed E-state index contributed by atoms with van der Waals surface area (Å²) in [5.41, 5.74) is 1.01. The first-order valence-electron chi connectivity index (χ1n) is 11.9. The highest BCUT2D eigenvalue weighted by Gasteiger charge is 2.46. The summed E-state index contributed by atoms with van der Waals surface area (Å²) in [6.45, 7) is 5.21. The van der Waals surface area contributed by atoms with Crippen molar-refractivity contribution in [3.05, 3.63) is 69.6 Å². The lowest BCUT2D eigenvalue weighted by atomic mass is 10.0. The third-order valence-electron chi connectivity index (χ3n) is 4.93. The van der Waals surface area contributed by atoms with Crippen LogP contribution in [0.4, 0.5) is 18.0 Å². The summed E-state index contributed by atoms with van der Waals surface area (Å²) in [7, 11) is 1.20. The first-order chi connectivity index (χ1) is 18.6. The van der Waals surface area contributed by atoms with E-state index in [1.807, 2.05) is 29.4 Å². The number of allylic oxidation sites excluding steroid dienone is 3. The fourth-order valence-electron chi connectivity index (χ4n) is 3.40. The number of halogens is 4. The third-order valence-corrected chi connectivity index (χ3v) is 6.06. The van der Waals surface area contributed by atoms with Crippen molar-refractivity contribution in [2.45, 2.75) is 39.0 Å². The molecule has 4 rings (SSSR count). The molecule has 0 aromatic heterocycles. The van der Waals surface area contributed by atoms with Crippen molar-refractivity contribution in [1.82, 2.24) is 4.90 Å². The Morgan fingerprint density at radius 3 is 2.51 bits per heavy atom. The Hall–Kier alpha value is -3.16. The molecule has 1 aromatic rings. The summed E-state index contributed by atoms with van der Waals surface area (Å²) in [6.07, 6.45) is 12.2. The van der Waals surface area contributed by atoms with Crippen LogP contribution in [0.2, 0.25) is 5.02 Å². The number of methoxy groups -OCH3 is 1. The SMILES string of the molecule is C#C.C/C=C\SCC1=NCC(C2=CC=N2)=C2CC(F)(COC(=O)OC)CN12.CC(C)F.Fc1cccc(Cl)c1. The van der Waals surface area contributed by atoms with E-state index in [-0.39, 0.29) is 25.4 Å². The molecule has 3 aliphatic rings. The summed E-state index contributed by atoms with van der Waals surface area (Å²) in [6, 6.07) is 5.82. The van der Waals surface area contributed by atoms with Gasteiger partial charge in [-0.3, -0.25) is 9.98 Å². The monoisotopic (exact) mass is 583 g/mol. The Balaban J connectivity index is 0.000000448. The summed E-state index contributed by atoms with van der Waals surface area (Å²) in [5.74, 6) is 1.21. The highest BCUT2D eigenvalue weighted by Crippen LogP contribution is 2.40. The predicted molar refractivity (Wildman–Crippen MR) is 154 cm³/mol. The normalized spacial score (nSPS) is 18.8. The number of thioether (sulfide) groups is 1.